The van der Waals surface area contributed by atoms with E-state index in [4.69, 9.17) is 4.42 Å². The summed E-state index contributed by atoms with van der Waals surface area (Å²) in [5, 5.41) is 7.43. The van der Waals surface area contributed by atoms with Gasteiger partial charge in [0, 0.05) is 47.4 Å². The molecule has 0 aliphatic rings. The maximum atomic E-state index is 6.13. The van der Waals surface area contributed by atoms with Gasteiger partial charge in [0.2, 0.25) is 0 Å². The Hall–Kier alpha value is -5.64. The van der Waals surface area contributed by atoms with Crippen LogP contribution in [0.4, 0.5) is 0 Å². The van der Waals surface area contributed by atoms with Gasteiger partial charge in [0.05, 0.1) is 11.0 Å². The van der Waals surface area contributed by atoms with Crippen molar-refractivity contribution < 1.29 is 4.42 Å². The summed E-state index contributed by atoms with van der Waals surface area (Å²) >= 11 is 1.86. The fourth-order valence-corrected chi connectivity index (χ4v) is 8.15. The van der Waals surface area contributed by atoms with Crippen LogP contribution in [0.25, 0.3) is 91.9 Å². The summed E-state index contributed by atoms with van der Waals surface area (Å²) in [4.78, 5) is 0. The molecule has 0 unspecified atom stereocenters. The lowest BCUT2D eigenvalue weighted by Crippen LogP contribution is -1.93. The van der Waals surface area contributed by atoms with E-state index < -0.39 is 0 Å². The predicted molar refractivity (Wildman–Crippen MR) is 192 cm³/mol. The number of fused-ring (bicyclic) bond motifs is 9. The Bertz CT molecular complexity index is 2770. The summed E-state index contributed by atoms with van der Waals surface area (Å²) < 4.78 is 11.2. The summed E-state index contributed by atoms with van der Waals surface area (Å²) in [7, 11) is 0. The van der Waals surface area contributed by atoms with Gasteiger partial charge in [0.15, 0.2) is 0 Å². The summed E-state index contributed by atoms with van der Waals surface area (Å²) in [5.41, 5.74) is 10.3. The van der Waals surface area contributed by atoms with Crippen molar-refractivity contribution in [2.45, 2.75) is 0 Å². The third-order valence-electron chi connectivity index (χ3n) is 9.20. The Morgan fingerprint density at radius 2 is 1.02 bits per heavy atom. The molecule has 0 bridgehead atoms. The maximum absolute atomic E-state index is 6.13. The number of rotatable bonds is 3. The number of hydrogen-bond donors (Lipinski definition) is 0. The molecule has 3 aromatic heterocycles. The first-order valence-electron chi connectivity index (χ1n) is 15.3. The summed E-state index contributed by atoms with van der Waals surface area (Å²) in [6, 6.07) is 54.9. The second-order valence-corrected chi connectivity index (χ2v) is 12.8. The van der Waals surface area contributed by atoms with Crippen LogP contribution in [-0.2, 0) is 0 Å². The first-order chi connectivity index (χ1) is 22.3. The van der Waals surface area contributed by atoms with Gasteiger partial charge in [0.25, 0.3) is 0 Å². The van der Waals surface area contributed by atoms with Crippen molar-refractivity contribution in [2.24, 2.45) is 0 Å². The van der Waals surface area contributed by atoms with Crippen LogP contribution >= 0.6 is 11.3 Å². The molecule has 2 nitrogen and oxygen atoms in total. The average molecular weight is 592 g/mol. The first-order valence-corrected chi connectivity index (χ1v) is 16.1. The van der Waals surface area contributed by atoms with E-state index >= 15 is 0 Å². The van der Waals surface area contributed by atoms with Crippen LogP contribution in [0.3, 0.4) is 0 Å². The molecule has 0 N–H and O–H groups in total. The normalized spacial score (nSPS) is 12.0. The SMILES string of the molecule is c1cc(-c2ccc3sc4ccccc4c3c2)cc(-c2ccc3c(c2)c2ccccc2n3-c2ccc3oc4ccccc4c3c2)c1. The van der Waals surface area contributed by atoms with Crippen LogP contribution in [0.2, 0.25) is 0 Å². The Kier molecular flexibility index (Phi) is 5.19. The zero-order valence-electron chi connectivity index (χ0n) is 24.2. The first kappa shape index (κ1) is 24.8. The monoisotopic (exact) mass is 591 g/mol. The molecule has 0 spiro atoms. The standard InChI is InChI=1S/C42H25NOS/c1-4-13-37-31(10-1)34-23-28(16-19-38(34)43(37)30-18-20-40-35(25-30)32-11-2-5-14-39(32)44-40)26-8-7-9-27(22-26)29-17-21-42-36(24-29)33-12-3-6-15-41(33)45-42/h1-25H. The molecule has 10 rings (SSSR count). The number of aromatic nitrogens is 1. The van der Waals surface area contributed by atoms with Crippen molar-refractivity contribution >= 4 is 75.3 Å². The lowest BCUT2D eigenvalue weighted by Gasteiger charge is -2.09. The van der Waals surface area contributed by atoms with Crippen LogP contribution in [0.5, 0.6) is 0 Å². The Balaban J connectivity index is 1.12. The molecule has 0 saturated heterocycles. The van der Waals surface area contributed by atoms with Gasteiger partial charge in [-0.15, -0.1) is 11.3 Å². The minimum Gasteiger partial charge on any atom is -0.456 e. The molecule has 3 heteroatoms. The molecule has 0 fully saturated rings. The topological polar surface area (TPSA) is 18.1 Å². The molecule has 0 radical (unpaired) electrons. The fraction of sp³-hybridized carbons (Fsp3) is 0. The molecule has 0 saturated carbocycles. The van der Waals surface area contributed by atoms with Crippen molar-refractivity contribution in [3.8, 4) is 27.9 Å². The molecule has 3 heterocycles. The molecule has 45 heavy (non-hydrogen) atoms. The van der Waals surface area contributed by atoms with Crippen LogP contribution < -0.4 is 0 Å². The van der Waals surface area contributed by atoms with Crippen molar-refractivity contribution in [2.75, 3.05) is 0 Å². The third kappa shape index (κ3) is 3.75. The number of thiophene rings is 1. The lowest BCUT2D eigenvalue weighted by atomic mass is 9.97. The quantitative estimate of drug-likeness (QED) is 0.200. The number of benzene rings is 7. The van der Waals surface area contributed by atoms with Gasteiger partial charge in [0.1, 0.15) is 11.2 Å². The minimum atomic E-state index is 0.911. The second kappa shape index (κ2) is 9.43. The summed E-state index contributed by atoms with van der Waals surface area (Å²) in [6.45, 7) is 0. The smallest absolute Gasteiger partial charge is 0.135 e. The van der Waals surface area contributed by atoms with Crippen LogP contribution in [0.15, 0.2) is 156 Å². The average Bonchev–Trinajstić information content (AvgIpc) is 3.77. The second-order valence-electron chi connectivity index (χ2n) is 11.8. The van der Waals surface area contributed by atoms with Gasteiger partial charge in [-0.3, -0.25) is 0 Å². The van der Waals surface area contributed by atoms with Crippen molar-refractivity contribution in [1.82, 2.24) is 4.57 Å². The van der Waals surface area contributed by atoms with Gasteiger partial charge in [-0.25, -0.2) is 0 Å². The molecule has 0 aliphatic carbocycles. The van der Waals surface area contributed by atoms with Crippen molar-refractivity contribution in [3.05, 3.63) is 152 Å². The Morgan fingerprint density at radius 3 is 1.91 bits per heavy atom. The maximum Gasteiger partial charge on any atom is 0.135 e. The molecular formula is C42H25NOS. The number of hydrogen-bond acceptors (Lipinski definition) is 2. The van der Waals surface area contributed by atoms with E-state index in [0.717, 1.165) is 27.6 Å². The molecule has 7 aromatic carbocycles. The zero-order valence-corrected chi connectivity index (χ0v) is 25.0. The highest BCUT2D eigenvalue weighted by atomic mass is 32.1. The van der Waals surface area contributed by atoms with Crippen molar-refractivity contribution in [3.63, 3.8) is 0 Å². The van der Waals surface area contributed by atoms with E-state index in [1.807, 2.05) is 23.5 Å². The highest BCUT2D eigenvalue weighted by Gasteiger charge is 2.15. The molecule has 0 aliphatic heterocycles. The zero-order chi connectivity index (χ0) is 29.5. The minimum absolute atomic E-state index is 0.911. The molecule has 10 aromatic rings. The highest BCUT2D eigenvalue weighted by molar-refractivity contribution is 7.25. The van der Waals surface area contributed by atoms with Crippen LogP contribution in [0.1, 0.15) is 0 Å². The highest BCUT2D eigenvalue weighted by Crippen LogP contribution is 2.39. The van der Waals surface area contributed by atoms with Crippen LogP contribution in [-0.4, -0.2) is 4.57 Å². The Morgan fingerprint density at radius 1 is 0.378 bits per heavy atom. The molecular weight excluding hydrogens is 567 g/mol. The lowest BCUT2D eigenvalue weighted by molar-refractivity contribution is 0.669. The summed E-state index contributed by atoms with van der Waals surface area (Å²) in [5.74, 6) is 0. The van der Waals surface area contributed by atoms with Gasteiger partial charge in [-0.05, 0) is 89.0 Å². The third-order valence-corrected chi connectivity index (χ3v) is 10.3. The van der Waals surface area contributed by atoms with Gasteiger partial charge in [-0.1, -0.05) is 84.9 Å². The van der Waals surface area contributed by atoms with Gasteiger partial charge < -0.3 is 8.98 Å². The number of nitrogens with zero attached hydrogens (tertiary/aromatic N) is 1. The molecule has 0 amide bonds. The Labute approximate surface area is 263 Å². The van der Waals surface area contributed by atoms with E-state index in [2.05, 4.69) is 144 Å². The molecule has 0 atom stereocenters. The van der Waals surface area contributed by atoms with E-state index in [0.29, 0.717) is 0 Å². The van der Waals surface area contributed by atoms with E-state index in [1.54, 1.807) is 0 Å². The number of furan rings is 1. The van der Waals surface area contributed by atoms with Gasteiger partial charge >= 0.3 is 0 Å². The summed E-state index contributed by atoms with van der Waals surface area (Å²) in [6.07, 6.45) is 0. The van der Waals surface area contributed by atoms with E-state index in [9.17, 15) is 0 Å². The predicted octanol–water partition coefficient (Wildman–Crippen LogP) is 12.4. The fourth-order valence-electron chi connectivity index (χ4n) is 7.07. The van der Waals surface area contributed by atoms with E-state index in [1.165, 1.54) is 64.2 Å². The largest absolute Gasteiger partial charge is 0.456 e. The van der Waals surface area contributed by atoms with E-state index in [-0.39, 0.29) is 0 Å². The number of para-hydroxylation sites is 2. The van der Waals surface area contributed by atoms with Crippen LogP contribution in [0, 0.1) is 0 Å². The molecule has 210 valence electrons. The van der Waals surface area contributed by atoms with Crippen molar-refractivity contribution in [1.29, 1.82) is 0 Å². The van der Waals surface area contributed by atoms with Gasteiger partial charge in [-0.2, -0.15) is 0 Å².